The zero-order valence-electron chi connectivity index (χ0n) is 17.7. The van der Waals surface area contributed by atoms with Gasteiger partial charge < -0.3 is 14.2 Å². The predicted octanol–water partition coefficient (Wildman–Crippen LogP) is 4.86. The Morgan fingerprint density at radius 3 is 2.28 bits per heavy atom. The van der Waals surface area contributed by atoms with Gasteiger partial charge in [-0.05, 0) is 42.7 Å². The molecule has 8 heteroatoms. The van der Waals surface area contributed by atoms with Crippen molar-refractivity contribution in [1.82, 2.24) is 0 Å². The molecule has 0 saturated carbocycles. The molecule has 5 nitrogen and oxygen atoms in total. The third-order valence-electron chi connectivity index (χ3n) is 5.93. The molecule has 0 saturated heterocycles. The molecule has 170 valence electrons. The number of ether oxygens (including phenoxy) is 3. The van der Waals surface area contributed by atoms with Crippen LogP contribution in [0, 0.1) is 23.0 Å². The molecule has 0 spiro atoms. The summed E-state index contributed by atoms with van der Waals surface area (Å²) in [5.74, 6) is -5.13. The molecule has 0 aromatic heterocycles. The number of carbonyl (C=O) groups excluding carboxylic acids is 2. The first-order chi connectivity index (χ1) is 15.3. The first kappa shape index (κ1) is 23.7. The summed E-state index contributed by atoms with van der Waals surface area (Å²) in [6, 6.07) is 8.82. The minimum atomic E-state index is -1.86. The van der Waals surface area contributed by atoms with Crippen molar-refractivity contribution in [3.05, 3.63) is 76.8 Å². The molecule has 0 amide bonds. The molecular formula is C24H23ClF2O5. The molecule has 1 aliphatic rings. The zero-order valence-corrected chi connectivity index (χ0v) is 18.5. The van der Waals surface area contributed by atoms with Gasteiger partial charge in [0.05, 0.1) is 20.8 Å². The van der Waals surface area contributed by atoms with Crippen molar-refractivity contribution in [3.8, 4) is 5.75 Å². The van der Waals surface area contributed by atoms with Gasteiger partial charge in [0.15, 0.2) is 17.0 Å². The van der Waals surface area contributed by atoms with Crippen molar-refractivity contribution >= 4 is 23.5 Å². The van der Waals surface area contributed by atoms with Crippen LogP contribution in [0.5, 0.6) is 5.75 Å². The highest BCUT2D eigenvalue weighted by atomic mass is 35.5. The average molecular weight is 465 g/mol. The summed E-state index contributed by atoms with van der Waals surface area (Å²) < 4.78 is 45.1. The maximum atomic E-state index is 15.1. The maximum Gasteiger partial charge on any atom is 0.323 e. The van der Waals surface area contributed by atoms with Gasteiger partial charge in [0.2, 0.25) is 0 Å². The molecule has 0 fully saturated rings. The standard InChI is InChI=1S/C24H23ClF2O5/c1-4-11-24(22(28)30-2,23(29)31-3)17-13-32-21-19(27)10-9-18(26)20(21)16(17)12-14-5-7-15(25)8-6-14/h4-10,16-17H,1,11-13H2,2-3H3. The molecule has 0 N–H and O–H groups in total. The summed E-state index contributed by atoms with van der Waals surface area (Å²) in [4.78, 5) is 26.0. The lowest BCUT2D eigenvalue weighted by molar-refractivity contribution is -0.176. The quantitative estimate of drug-likeness (QED) is 0.332. The molecule has 2 aromatic carbocycles. The average Bonchev–Trinajstić information content (AvgIpc) is 2.80. The van der Waals surface area contributed by atoms with Crippen LogP contribution in [-0.4, -0.2) is 32.8 Å². The van der Waals surface area contributed by atoms with Gasteiger partial charge in [-0.1, -0.05) is 29.8 Å². The van der Waals surface area contributed by atoms with E-state index in [2.05, 4.69) is 6.58 Å². The van der Waals surface area contributed by atoms with Gasteiger partial charge in [0.1, 0.15) is 5.82 Å². The monoisotopic (exact) mass is 464 g/mol. The number of hydrogen-bond donors (Lipinski definition) is 0. The minimum absolute atomic E-state index is 0.0440. The van der Waals surface area contributed by atoms with Gasteiger partial charge in [-0.25, -0.2) is 8.78 Å². The summed E-state index contributed by atoms with van der Waals surface area (Å²) in [6.07, 6.45) is 1.44. The molecular weight excluding hydrogens is 442 g/mol. The van der Waals surface area contributed by atoms with E-state index in [-0.39, 0.29) is 30.8 Å². The van der Waals surface area contributed by atoms with Crippen LogP contribution >= 0.6 is 11.6 Å². The second-order valence-electron chi connectivity index (χ2n) is 7.57. The highest BCUT2D eigenvalue weighted by Crippen LogP contribution is 2.51. The number of carbonyl (C=O) groups is 2. The van der Waals surface area contributed by atoms with Crippen LogP contribution < -0.4 is 4.74 Å². The molecule has 0 bridgehead atoms. The molecule has 3 rings (SSSR count). The summed E-state index contributed by atoms with van der Waals surface area (Å²) in [6.45, 7) is 3.43. The summed E-state index contributed by atoms with van der Waals surface area (Å²) >= 11 is 5.98. The number of methoxy groups -OCH3 is 2. The van der Waals surface area contributed by atoms with Crippen molar-refractivity contribution in [2.24, 2.45) is 11.3 Å². The molecule has 0 aliphatic carbocycles. The normalized spacial score (nSPS) is 17.7. The van der Waals surface area contributed by atoms with Gasteiger partial charge in [-0.15, -0.1) is 6.58 Å². The molecule has 2 unspecified atom stereocenters. The summed E-state index contributed by atoms with van der Waals surface area (Å²) in [5, 5.41) is 0.514. The Bertz CT molecular complexity index is 1010. The van der Waals surface area contributed by atoms with E-state index in [9.17, 15) is 14.0 Å². The van der Waals surface area contributed by atoms with E-state index < -0.39 is 40.8 Å². The van der Waals surface area contributed by atoms with E-state index >= 15 is 4.39 Å². The van der Waals surface area contributed by atoms with Gasteiger partial charge in [0.25, 0.3) is 0 Å². The van der Waals surface area contributed by atoms with E-state index in [0.717, 1.165) is 31.9 Å². The Morgan fingerprint density at radius 1 is 1.12 bits per heavy atom. The number of allylic oxidation sites excluding steroid dienone is 1. The van der Waals surface area contributed by atoms with Crippen molar-refractivity contribution in [2.75, 3.05) is 20.8 Å². The highest BCUT2D eigenvalue weighted by Gasteiger charge is 2.58. The van der Waals surface area contributed by atoms with Crippen molar-refractivity contribution < 1.29 is 32.6 Å². The van der Waals surface area contributed by atoms with Gasteiger partial charge in [-0.3, -0.25) is 9.59 Å². The van der Waals surface area contributed by atoms with Crippen molar-refractivity contribution in [2.45, 2.75) is 18.8 Å². The van der Waals surface area contributed by atoms with Crippen LogP contribution in [-0.2, 0) is 25.5 Å². The Hall–Kier alpha value is -2.93. The lowest BCUT2D eigenvalue weighted by atomic mass is 9.63. The van der Waals surface area contributed by atoms with E-state index in [4.69, 9.17) is 25.8 Å². The Morgan fingerprint density at radius 2 is 1.72 bits per heavy atom. The second kappa shape index (κ2) is 9.69. The Kier molecular flexibility index (Phi) is 7.19. The molecule has 32 heavy (non-hydrogen) atoms. The summed E-state index contributed by atoms with van der Waals surface area (Å²) in [5.41, 5.74) is -1.15. The number of esters is 2. The molecule has 2 aromatic rings. The van der Waals surface area contributed by atoms with Crippen LogP contribution in [0.1, 0.15) is 23.5 Å². The predicted molar refractivity (Wildman–Crippen MR) is 115 cm³/mol. The summed E-state index contributed by atoms with van der Waals surface area (Å²) in [7, 11) is 2.30. The molecule has 1 heterocycles. The minimum Gasteiger partial charge on any atom is -0.490 e. The van der Waals surface area contributed by atoms with E-state index in [0.29, 0.717) is 5.02 Å². The number of benzene rings is 2. The maximum absolute atomic E-state index is 15.1. The van der Waals surface area contributed by atoms with Gasteiger partial charge >= 0.3 is 11.9 Å². The van der Waals surface area contributed by atoms with Crippen molar-refractivity contribution in [1.29, 1.82) is 0 Å². The van der Waals surface area contributed by atoms with Gasteiger partial charge in [0, 0.05) is 22.4 Å². The fraction of sp³-hybridized carbons (Fsp3) is 0.333. The fourth-order valence-electron chi connectivity index (χ4n) is 4.43. The van der Waals surface area contributed by atoms with Crippen LogP contribution in [0.4, 0.5) is 8.78 Å². The Balaban J connectivity index is 2.24. The van der Waals surface area contributed by atoms with E-state index in [1.807, 2.05) is 0 Å². The SMILES string of the molecule is C=CCC(C(=O)OC)(C(=O)OC)C1COc2c(F)ccc(F)c2C1Cc1ccc(Cl)cc1. The van der Waals surface area contributed by atoms with Gasteiger partial charge in [-0.2, -0.15) is 0 Å². The lowest BCUT2D eigenvalue weighted by Crippen LogP contribution is -2.52. The van der Waals surface area contributed by atoms with Crippen LogP contribution in [0.3, 0.4) is 0 Å². The third-order valence-corrected chi connectivity index (χ3v) is 6.18. The van der Waals surface area contributed by atoms with E-state index in [1.165, 1.54) is 6.08 Å². The first-order valence-electron chi connectivity index (χ1n) is 9.93. The lowest BCUT2D eigenvalue weighted by Gasteiger charge is -2.42. The first-order valence-corrected chi connectivity index (χ1v) is 10.3. The number of halogens is 3. The number of rotatable bonds is 7. The fourth-order valence-corrected chi connectivity index (χ4v) is 4.56. The van der Waals surface area contributed by atoms with Crippen molar-refractivity contribution in [3.63, 3.8) is 0 Å². The third kappa shape index (κ3) is 4.09. The largest absolute Gasteiger partial charge is 0.490 e. The highest BCUT2D eigenvalue weighted by molar-refractivity contribution is 6.30. The second-order valence-corrected chi connectivity index (χ2v) is 8.01. The Labute approximate surface area is 189 Å². The van der Waals surface area contributed by atoms with Crippen LogP contribution in [0.15, 0.2) is 49.1 Å². The molecule has 1 aliphatic heterocycles. The van der Waals surface area contributed by atoms with Crippen LogP contribution in [0.25, 0.3) is 0 Å². The topological polar surface area (TPSA) is 61.8 Å². The smallest absolute Gasteiger partial charge is 0.323 e. The zero-order chi connectivity index (χ0) is 23.5. The number of hydrogen-bond acceptors (Lipinski definition) is 5. The molecule has 2 atom stereocenters. The number of fused-ring (bicyclic) bond motifs is 1. The van der Waals surface area contributed by atoms with E-state index in [1.54, 1.807) is 24.3 Å². The van der Waals surface area contributed by atoms with Crippen LogP contribution in [0.2, 0.25) is 5.02 Å². The molecule has 0 radical (unpaired) electrons.